The summed E-state index contributed by atoms with van der Waals surface area (Å²) in [7, 11) is 3.23. The van der Waals surface area contributed by atoms with Gasteiger partial charge in [0.25, 0.3) is 0 Å². The van der Waals surface area contributed by atoms with Crippen LogP contribution in [0.2, 0.25) is 0 Å². The summed E-state index contributed by atoms with van der Waals surface area (Å²) in [6, 6.07) is 5.83. The lowest BCUT2D eigenvalue weighted by Gasteiger charge is -2.37. The van der Waals surface area contributed by atoms with E-state index in [0.717, 1.165) is 31.5 Å². The van der Waals surface area contributed by atoms with Crippen LogP contribution in [0.4, 0.5) is 0 Å². The van der Waals surface area contributed by atoms with E-state index in [2.05, 4.69) is 4.90 Å². The van der Waals surface area contributed by atoms with E-state index in [1.807, 2.05) is 25.1 Å². The second kappa shape index (κ2) is 6.35. The van der Waals surface area contributed by atoms with Crippen LogP contribution in [0.1, 0.15) is 25.3 Å². The third-order valence-electron chi connectivity index (χ3n) is 4.15. The molecule has 1 heterocycles. The molecule has 1 saturated heterocycles. The predicted octanol–water partition coefficient (Wildman–Crippen LogP) is 2.39. The lowest BCUT2D eigenvalue weighted by Crippen LogP contribution is -2.45. The number of ether oxygens (including phenoxy) is 2. The molecule has 0 radical (unpaired) electrons. The summed E-state index contributed by atoms with van der Waals surface area (Å²) in [5.74, 6) is 0.697. The van der Waals surface area contributed by atoms with Gasteiger partial charge in [-0.25, -0.2) is 0 Å². The Bertz CT molecular complexity index is 517. The van der Waals surface area contributed by atoms with Crippen molar-refractivity contribution in [1.29, 1.82) is 0 Å². The van der Waals surface area contributed by atoms with Gasteiger partial charge in [-0.05, 0) is 44.0 Å². The van der Waals surface area contributed by atoms with Gasteiger partial charge in [-0.3, -0.25) is 9.69 Å². The van der Waals surface area contributed by atoms with Gasteiger partial charge in [0, 0.05) is 13.1 Å². The number of aliphatic carboxylic acids is 1. The van der Waals surface area contributed by atoms with E-state index in [9.17, 15) is 9.90 Å². The summed E-state index contributed by atoms with van der Waals surface area (Å²) in [6.45, 7) is 4.06. The number of carboxylic acid groups (broad SMARTS) is 1. The third kappa shape index (κ3) is 3.47. The zero-order chi connectivity index (χ0) is 15.5. The normalized spacial score (nSPS) is 22.8. The maximum absolute atomic E-state index is 11.4. The van der Waals surface area contributed by atoms with Crippen molar-refractivity contribution in [2.45, 2.75) is 26.3 Å². The number of likely N-dealkylation sites (tertiary alicyclic amines) is 1. The zero-order valence-corrected chi connectivity index (χ0v) is 12.9. The Labute approximate surface area is 125 Å². The van der Waals surface area contributed by atoms with Crippen LogP contribution in [-0.4, -0.2) is 43.3 Å². The van der Waals surface area contributed by atoms with Gasteiger partial charge in [0.15, 0.2) is 11.5 Å². The van der Waals surface area contributed by atoms with Crippen molar-refractivity contribution in [3.63, 3.8) is 0 Å². The third-order valence-corrected chi connectivity index (χ3v) is 4.15. The molecule has 116 valence electrons. The predicted molar refractivity (Wildman–Crippen MR) is 79.8 cm³/mol. The highest BCUT2D eigenvalue weighted by Gasteiger charge is 2.37. The molecule has 2 rings (SSSR count). The molecule has 1 atom stereocenters. The van der Waals surface area contributed by atoms with Gasteiger partial charge in [-0.2, -0.15) is 0 Å². The maximum atomic E-state index is 11.4. The zero-order valence-electron chi connectivity index (χ0n) is 12.9. The average molecular weight is 293 g/mol. The van der Waals surface area contributed by atoms with Crippen LogP contribution >= 0.6 is 0 Å². The maximum Gasteiger partial charge on any atom is 0.310 e. The van der Waals surface area contributed by atoms with Gasteiger partial charge in [-0.1, -0.05) is 6.07 Å². The summed E-state index contributed by atoms with van der Waals surface area (Å²) in [4.78, 5) is 13.6. The molecule has 0 amide bonds. The molecule has 1 N–H and O–H groups in total. The largest absolute Gasteiger partial charge is 0.493 e. The van der Waals surface area contributed by atoms with Crippen molar-refractivity contribution in [3.8, 4) is 11.5 Å². The minimum absolute atomic E-state index is 0.580. The molecule has 1 aliphatic heterocycles. The highest BCUT2D eigenvalue weighted by Crippen LogP contribution is 2.32. The summed E-state index contributed by atoms with van der Waals surface area (Å²) >= 11 is 0. The van der Waals surface area contributed by atoms with Crippen molar-refractivity contribution in [3.05, 3.63) is 23.8 Å². The van der Waals surface area contributed by atoms with Crippen molar-refractivity contribution < 1.29 is 19.4 Å². The molecule has 1 aromatic carbocycles. The Morgan fingerprint density at radius 2 is 2.05 bits per heavy atom. The first-order chi connectivity index (χ1) is 9.98. The van der Waals surface area contributed by atoms with E-state index >= 15 is 0 Å². The van der Waals surface area contributed by atoms with Crippen LogP contribution in [0.25, 0.3) is 0 Å². The van der Waals surface area contributed by atoms with E-state index in [-0.39, 0.29) is 0 Å². The summed E-state index contributed by atoms with van der Waals surface area (Å²) < 4.78 is 10.5. The lowest BCUT2D eigenvalue weighted by molar-refractivity contribution is -0.151. The molecule has 5 heteroatoms. The molecule has 1 fully saturated rings. The number of hydrogen-bond acceptors (Lipinski definition) is 4. The molecule has 1 unspecified atom stereocenters. The molecule has 0 aromatic heterocycles. The number of benzene rings is 1. The first-order valence-electron chi connectivity index (χ1n) is 7.15. The van der Waals surface area contributed by atoms with Crippen LogP contribution in [-0.2, 0) is 11.3 Å². The molecule has 0 saturated carbocycles. The average Bonchev–Trinajstić information content (AvgIpc) is 2.47. The molecule has 5 nitrogen and oxygen atoms in total. The Hall–Kier alpha value is -1.75. The number of piperidine rings is 1. The summed E-state index contributed by atoms with van der Waals surface area (Å²) in [6.07, 6.45) is 1.65. The minimum atomic E-state index is -0.709. The fourth-order valence-electron chi connectivity index (χ4n) is 2.89. The number of methoxy groups -OCH3 is 2. The Morgan fingerprint density at radius 1 is 1.33 bits per heavy atom. The van der Waals surface area contributed by atoms with Crippen LogP contribution in [0, 0.1) is 5.41 Å². The Kier molecular flexibility index (Phi) is 4.73. The van der Waals surface area contributed by atoms with Crippen LogP contribution in [0.3, 0.4) is 0 Å². The van der Waals surface area contributed by atoms with E-state index in [1.165, 1.54) is 0 Å². The highest BCUT2D eigenvalue weighted by molar-refractivity contribution is 5.74. The SMILES string of the molecule is COc1ccc(CN2CCCC(C)(C(=O)O)C2)cc1OC. The standard InChI is InChI=1S/C16H23NO4/c1-16(15(18)19)7-4-8-17(11-16)10-12-5-6-13(20-2)14(9-12)21-3/h5-6,9H,4,7-8,10-11H2,1-3H3,(H,18,19). The summed E-state index contributed by atoms with van der Waals surface area (Å²) in [5, 5.41) is 9.37. The van der Waals surface area contributed by atoms with Crippen molar-refractivity contribution >= 4 is 5.97 Å². The van der Waals surface area contributed by atoms with Crippen LogP contribution in [0.15, 0.2) is 18.2 Å². The van der Waals surface area contributed by atoms with E-state index in [1.54, 1.807) is 14.2 Å². The van der Waals surface area contributed by atoms with Gasteiger partial charge in [-0.15, -0.1) is 0 Å². The molecule has 0 bridgehead atoms. The first-order valence-corrected chi connectivity index (χ1v) is 7.15. The second-order valence-electron chi connectivity index (χ2n) is 5.87. The van der Waals surface area contributed by atoms with Gasteiger partial charge in [0.2, 0.25) is 0 Å². The Balaban J connectivity index is 2.09. The summed E-state index contributed by atoms with van der Waals surface area (Å²) in [5.41, 5.74) is 0.455. The van der Waals surface area contributed by atoms with Crippen molar-refractivity contribution in [1.82, 2.24) is 4.90 Å². The number of carboxylic acids is 1. The first kappa shape index (κ1) is 15.6. The van der Waals surface area contributed by atoms with Gasteiger partial charge < -0.3 is 14.6 Å². The fourth-order valence-corrected chi connectivity index (χ4v) is 2.89. The quantitative estimate of drug-likeness (QED) is 0.903. The molecule has 0 spiro atoms. The fraction of sp³-hybridized carbons (Fsp3) is 0.562. The lowest BCUT2D eigenvalue weighted by atomic mass is 9.82. The van der Waals surface area contributed by atoms with Gasteiger partial charge in [0.05, 0.1) is 19.6 Å². The van der Waals surface area contributed by atoms with Crippen molar-refractivity contribution in [2.75, 3.05) is 27.3 Å². The van der Waals surface area contributed by atoms with Gasteiger partial charge >= 0.3 is 5.97 Å². The van der Waals surface area contributed by atoms with E-state index < -0.39 is 11.4 Å². The molecular formula is C16H23NO4. The molecular weight excluding hydrogens is 270 g/mol. The topological polar surface area (TPSA) is 59.0 Å². The monoisotopic (exact) mass is 293 g/mol. The molecule has 21 heavy (non-hydrogen) atoms. The number of rotatable bonds is 5. The minimum Gasteiger partial charge on any atom is -0.493 e. The second-order valence-corrected chi connectivity index (χ2v) is 5.87. The van der Waals surface area contributed by atoms with Crippen molar-refractivity contribution in [2.24, 2.45) is 5.41 Å². The number of nitrogens with zero attached hydrogens (tertiary/aromatic N) is 1. The van der Waals surface area contributed by atoms with Gasteiger partial charge in [0.1, 0.15) is 0 Å². The van der Waals surface area contributed by atoms with Crippen LogP contribution in [0.5, 0.6) is 11.5 Å². The van der Waals surface area contributed by atoms with E-state index in [0.29, 0.717) is 18.0 Å². The molecule has 0 aliphatic carbocycles. The number of hydrogen-bond donors (Lipinski definition) is 1. The van der Waals surface area contributed by atoms with E-state index in [4.69, 9.17) is 9.47 Å². The Morgan fingerprint density at radius 3 is 2.67 bits per heavy atom. The highest BCUT2D eigenvalue weighted by atomic mass is 16.5. The van der Waals surface area contributed by atoms with Crippen LogP contribution < -0.4 is 9.47 Å². The molecule has 1 aromatic rings. The number of carbonyl (C=O) groups is 1. The molecule has 1 aliphatic rings. The smallest absolute Gasteiger partial charge is 0.310 e.